The van der Waals surface area contributed by atoms with E-state index in [1.165, 1.54) is 6.20 Å². The zero-order valence-electron chi connectivity index (χ0n) is 11.6. The molecule has 1 aromatic heterocycles. The van der Waals surface area contributed by atoms with Crippen LogP contribution in [0.25, 0.3) is 0 Å². The Hall–Kier alpha value is -1.33. The molecule has 1 amide bonds. The first-order chi connectivity index (χ1) is 8.44. The number of nitrogens with zero attached hydrogens (tertiary/aromatic N) is 1. The van der Waals surface area contributed by atoms with Crippen molar-refractivity contribution in [3.05, 3.63) is 24.0 Å². The van der Waals surface area contributed by atoms with Crippen molar-refractivity contribution >= 4 is 24.0 Å². The van der Waals surface area contributed by atoms with Crippen LogP contribution in [-0.4, -0.2) is 31.2 Å². The molecule has 5 nitrogen and oxygen atoms in total. The number of halogens is 1. The van der Waals surface area contributed by atoms with Gasteiger partial charge in [-0.2, -0.15) is 0 Å². The molecule has 0 aliphatic heterocycles. The van der Waals surface area contributed by atoms with Crippen LogP contribution in [0, 0.1) is 5.41 Å². The maximum absolute atomic E-state index is 11.8. The monoisotopic (exact) mass is 287 g/mol. The van der Waals surface area contributed by atoms with Crippen LogP contribution in [0.5, 0.6) is 0 Å². The Morgan fingerprint density at radius 1 is 1.47 bits per heavy atom. The Labute approximate surface area is 120 Å². The minimum atomic E-state index is -0.180. The highest BCUT2D eigenvalue weighted by Gasteiger charge is 2.19. The van der Waals surface area contributed by atoms with Crippen LogP contribution in [0.3, 0.4) is 0 Å². The molecule has 0 aliphatic rings. The summed E-state index contributed by atoms with van der Waals surface area (Å²) < 4.78 is 5.04. The number of methoxy groups -OCH3 is 1. The molecular formula is C13H22ClN3O2. The molecule has 0 unspecified atom stereocenters. The van der Waals surface area contributed by atoms with E-state index in [4.69, 9.17) is 10.5 Å². The largest absolute Gasteiger partial charge is 0.397 e. The summed E-state index contributed by atoms with van der Waals surface area (Å²) in [4.78, 5) is 15.8. The maximum atomic E-state index is 11.8. The first kappa shape index (κ1) is 17.7. The first-order valence-corrected chi connectivity index (χ1v) is 5.93. The first-order valence-electron chi connectivity index (χ1n) is 5.93. The predicted molar refractivity (Wildman–Crippen MR) is 78.5 cm³/mol. The third kappa shape index (κ3) is 6.40. The third-order valence-corrected chi connectivity index (χ3v) is 2.73. The topological polar surface area (TPSA) is 77.2 Å². The predicted octanol–water partition coefficient (Wildman–Crippen LogP) is 1.88. The van der Waals surface area contributed by atoms with Gasteiger partial charge in [-0.05, 0) is 24.0 Å². The zero-order chi connectivity index (χ0) is 13.6. The van der Waals surface area contributed by atoms with Gasteiger partial charge in [-0.1, -0.05) is 13.8 Å². The number of nitrogens with one attached hydrogen (secondary N) is 1. The van der Waals surface area contributed by atoms with E-state index in [9.17, 15) is 4.79 Å². The van der Waals surface area contributed by atoms with E-state index in [2.05, 4.69) is 24.1 Å². The molecular weight excluding hydrogens is 266 g/mol. The highest BCUT2D eigenvalue weighted by Crippen LogP contribution is 2.18. The number of anilines is 1. The standard InChI is InChI=1S/C13H21N3O2.ClH/c1-13(2,6-7-18-3)9-16-12(17)11-5-4-10(14)8-15-11;/h4-5,8H,6-7,9,14H2,1-3H3,(H,16,17);1H. The van der Waals surface area contributed by atoms with E-state index in [0.717, 1.165) is 6.42 Å². The van der Waals surface area contributed by atoms with Crippen LogP contribution >= 0.6 is 12.4 Å². The van der Waals surface area contributed by atoms with E-state index in [0.29, 0.717) is 24.5 Å². The molecule has 1 aromatic rings. The van der Waals surface area contributed by atoms with Gasteiger partial charge in [-0.25, -0.2) is 4.98 Å². The van der Waals surface area contributed by atoms with Gasteiger partial charge in [0.25, 0.3) is 5.91 Å². The van der Waals surface area contributed by atoms with Gasteiger partial charge in [-0.3, -0.25) is 4.79 Å². The number of ether oxygens (including phenoxy) is 1. The lowest BCUT2D eigenvalue weighted by Gasteiger charge is -2.24. The molecule has 0 atom stereocenters. The van der Waals surface area contributed by atoms with Gasteiger partial charge in [0.05, 0.1) is 11.9 Å². The van der Waals surface area contributed by atoms with E-state index >= 15 is 0 Å². The molecule has 0 aromatic carbocycles. The smallest absolute Gasteiger partial charge is 0.269 e. The maximum Gasteiger partial charge on any atom is 0.269 e. The molecule has 1 heterocycles. The van der Waals surface area contributed by atoms with Gasteiger partial charge in [0.15, 0.2) is 0 Å². The van der Waals surface area contributed by atoms with Gasteiger partial charge < -0.3 is 15.8 Å². The minimum Gasteiger partial charge on any atom is -0.397 e. The summed E-state index contributed by atoms with van der Waals surface area (Å²) in [5.41, 5.74) is 6.45. The second kappa shape index (κ2) is 7.96. The summed E-state index contributed by atoms with van der Waals surface area (Å²) in [5, 5.41) is 2.87. The molecule has 0 radical (unpaired) electrons. The van der Waals surface area contributed by atoms with Crippen molar-refractivity contribution in [2.75, 3.05) is 26.0 Å². The van der Waals surface area contributed by atoms with Crippen LogP contribution < -0.4 is 11.1 Å². The summed E-state index contributed by atoms with van der Waals surface area (Å²) in [6.07, 6.45) is 2.37. The minimum absolute atomic E-state index is 0. The fraction of sp³-hybridized carbons (Fsp3) is 0.538. The summed E-state index contributed by atoms with van der Waals surface area (Å²) in [7, 11) is 1.67. The number of carbonyl (C=O) groups excluding carboxylic acids is 1. The van der Waals surface area contributed by atoms with Crippen molar-refractivity contribution in [3.63, 3.8) is 0 Å². The summed E-state index contributed by atoms with van der Waals surface area (Å²) >= 11 is 0. The number of nitrogen functional groups attached to an aromatic ring is 1. The number of carbonyl (C=O) groups is 1. The van der Waals surface area contributed by atoms with Crippen LogP contribution in [0.2, 0.25) is 0 Å². The molecule has 3 N–H and O–H groups in total. The van der Waals surface area contributed by atoms with Crippen molar-refractivity contribution in [2.24, 2.45) is 5.41 Å². The quantitative estimate of drug-likeness (QED) is 0.837. The van der Waals surface area contributed by atoms with Crippen molar-refractivity contribution in [3.8, 4) is 0 Å². The van der Waals surface area contributed by atoms with Crippen LogP contribution in [-0.2, 0) is 4.74 Å². The molecule has 6 heteroatoms. The highest BCUT2D eigenvalue weighted by molar-refractivity contribution is 5.92. The van der Waals surface area contributed by atoms with Crippen LogP contribution in [0.15, 0.2) is 18.3 Å². The number of amides is 1. The van der Waals surface area contributed by atoms with E-state index in [1.54, 1.807) is 19.2 Å². The Kier molecular flexibility index (Phi) is 7.41. The van der Waals surface area contributed by atoms with Crippen LogP contribution in [0.4, 0.5) is 5.69 Å². The van der Waals surface area contributed by atoms with E-state index in [-0.39, 0.29) is 23.7 Å². The number of hydrogen-bond donors (Lipinski definition) is 2. The van der Waals surface area contributed by atoms with Gasteiger partial charge in [0.2, 0.25) is 0 Å². The number of nitrogens with two attached hydrogens (primary N) is 1. The number of aromatic nitrogens is 1. The molecule has 0 aliphatic carbocycles. The summed E-state index contributed by atoms with van der Waals surface area (Å²) in [6, 6.07) is 3.28. The van der Waals surface area contributed by atoms with Crippen molar-refractivity contribution < 1.29 is 9.53 Å². The van der Waals surface area contributed by atoms with Gasteiger partial charge in [0.1, 0.15) is 5.69 Å². The van der Waals surface area contributed by atoms with E-state index < -0.39 is 0 Å². The van der Waals surface area contributed by atoms with Crippen molar-refractivity contribution in [1.82, 2.24) is 10.3 Å². The van der Waals surface area contributed by atoms with E-state index in [1.807, 2.05) is 0 Å². The fourth-order valence-electron chi connectivity index (χ4n) is 1.42. The second-order valence-corrected chi connectivity index (χ2v) is 5.07. The Morgan fingerprint density at radius 3 is 2.68 bits per heavy atom. The number of hydrogen-bond acceptors (Lipinski definition) is 4. The Bertz CT molecular complexity index is 393. The molecule has 108 valence electrons. The molecule has 0 saturated carbocycles. The second-order valence-electron chi connectivity index (χ2n) is 5.07. The van der Waals surface area contributed by atoms with Crippen molar-refractivity contribution in [1.29, 1.82) is 0 Å². The molecule has 0 spiro atoms. The Morgan fingerprint density at radius 2 is 2.16 bits per heavy atom. The Balaban J connectivity index is 0.00000324. The van der Waals surface area contributed by atoms with Crippen LogP contribution in [0.1, 0.15) is 30.8 Å². The SMILES string of the molecule is COCCC(C)(C)CNC(=O)c1ccc(N)cn1.Cl. The lowest BCUT2D eigenvalue weighted by molar-refractivity contribution is 0.0916. The molecule has 1 rings (SSSR count). The average molecular weight is 288 g/mol. The lowest BCUT2D eigenvalue weighted by atomic mass is 9.89. The van der Waals surface area contributed by atoms with Gasteiger partial charge >= 0.3 is 0 Å². The molecule has 0 bridgehead atoms. The lowest BCUT2D eigenvalue weighted by Crippen LogP contribution is -2.35. The molecule has 0 saturated heterocycles. The number of rotatable bonds is 6. The summed E-state index contributed by atoms with van der Waals surface area (Å²) in [5.74, 6) is -0.180. The average Bonchev–Trinajstić information content (AvgIpc) is 2.35. The molecule has 0 fully saturated rings. The number of pyridine rings is 1. The van der Waals surface area contributed by atoms with Gasteiger partial charge in [-0.15, -0.1) is 12.4 Å². The normalized spacial score (nSPS) is 10.7. The zero-order valence-corrected chi connectivity index (χ0v) is 12.4. The van der Waals surface area contributed by atoms with Crippen molar-refractivity contribution in [2.45, 2.75) is 20.3 Å². The fourth-order valence-corrected chi connectivity index (χ4v) is 1.42. The van der Waals surface area contributed by atoms with Gasteiger partial charge in [0, 0.05) is 20.3 Å². The third-order valence-electron chi connectivity index (χ3n) is 2.73. The molecule has 19 heavy (non-hydrogen) atoms. The highest BCUT2D eigenvalue weighted by atomic mass is 35.5. The summed E-state index contributed by atoms with van der Waals surface area (Å²) in [6.45, 7) is 5.44.